The van der Waals surface area contributed by atoms with Crippen LogP contribution in [-0.2, 0) is 17.7 Å². The van der Waals surface area contributed by atoms with E-state index in [2.05, 4.69) is 56.2 Å². The predicted molar refractivity (Wildman–Crippen MR) is 139 cm³/mol. The third-order valence-electron chi connectivity index (χ3n) is 8.35. The molecule has 1 aliphatic carbocycles. The molecule has 3 aromatic heterocycles. The number of aryl methyl sites for hydroxylation is 1. The number of nitrogens with zero attached hydrogens (tertiary/aromatic N) is 4. The zero-order valence-electron chi connectivity index (χ0n) is 20.5. The average Bonchev–Trinajstić information content (AvgIpc) is 3.48. The predicted octanol–water partition coefficient (Wildman–Crippen LogP) is 5.18. The van der Waals surface area contributed by atoms with Crippen LogP contribution in [0.1, 0.15) is 48.1 Å². The minimum Gasteiger partial charge on any atom is -0.381 e. The number of imidazole rings is 1. The van der Waals surface area contributed by atoms with E-state index in [1.165, 1.54) is 27.6 Å². The largest absolute Gasteiger partial charge is 0.381 e. The Labute approximate surface area is 210 Å². The highest BCUT2D eigenvalue weighted by Gasteiger charge is 2.28. The van der Waals surface area contributed by atoms with E-state index in [1.807, 2.05) is 6.20 Å². The quantitative estimate of drug-likeness (QED) is 0.423. The molecule has 5 heterocycles. The molecule has 7 rings (SSSR count). The summed E-state index contributed by atoms with van der Waals surface area (Å²) < 4.78 is 20.7. The lowest BCUT2D eigenvalue weighted by Crippen LogP contribution is -2.46. The standard InChI is InChI=1S/C29H32FN5O/c30-13-19-15-34(16-19)17-22-18-35-9-6-21(12-28(35)32-22)29-23(20-7-10-36-11-8-20)2-1-3-24-25(29)4-5-27-26(24)14-31-33-27/h4-6,9,12,14,18-20H,1-3,7-8,10-11,13,15-17H2,(H,31,33). The average molecular weight is 486 g/mol. The molecule has 36 heavy (non-hydrogen) atoms. The van der Waals surface area contributed by atoms with E-state index in [-0.39, 0.29) is 12.6 Å². The Kier molecular flexibility index (Phi) is 5.62. The van der Waals surface area contributed by atoms with Gasteiger partial charge >= 0.3 is 0 Å². The molecule has 1 aromatic carbocycles. The summed E-state index contributed by atoms with van der Waals surface area (Å²) in [5, 5.41) is 8.74. The summed E-state index contributed by atoms with van der Waals surface area (Å²) in [7, 11) is 0. The van der Waals surface area contributed by atoms with Gasteiger partial charge in [-0.05, 0) is 78.5 Å². The first-order valence-electron chi connectivity index (χ1n) is 13.3. The second kappa shape index (κ2) is 9.12. The summed E-state index contributed by atoms with van der Waals surface area (Å²) in [4.78, 5) is 7.24. The van der Waals surface area contributed by atoms with Crippen molar-refractivity contribution >= 4 is 22.1 Å². The zero-order chi connectivity index (χ0) is 24.1. The lowest BCUT2D eigenvalue weighted by Gasteiger charge is -2.37. The van der Waals surface area contributed by atoms with Gasteiger partial charge in [-0.25, -0.2) is 4.98 Å². The van der Waals surface area contributed by atoms with Crippen LogP contribution in [0.15, 0.2) is 48.4 Å². The van der Waals surface area contributed by atoms with Crippen LogP contribution in [0.2, 0.25) is 0 Å². The molecular weight excluding hydrogens is 453 g/mol. The van der Waals surface area contributed by atoms with Gasteiger partial charge in [0.15, 0.2) is 0 Å². The van der Waals surface area contributed by atoms with Crippen LogP contribution in [0.25, 0.3) is 22.1 Å². The van der Waals surface area contributed by atoms with Gasteiger partial charge in [-0.3, -0.25) is 14.4 Å². The third-order valence-corrected chi connectivity index (χ3v) is 8.35. The highest BCUT2D eigenvalue weighted by atomic mass is 19.1. The number of hydrogen-bond acceptors (Lipinski definition) is 4. The molecule has 3 aliphatic rings. The van der Waals surface area contributed by atoms with Gasteiger partial charge in [0.2, 0.25) is 0 Å². The summed E-state index contributed by atoms with van der Waals surface area (Å²) in [6.45, 7) is 3.91. The van der Waals surface area contributed by atoms with Gasteiger partial charge in [0.25, 0.3) is 0 Å². The van der Waals surface area contributed by atoms with Crippen molar-refractivity contribution in [3.63, 3.8) is 0 Å². The summed E-state index contributed by atoms with van der Waals surface area (Å²) in [6, 6.07) is 8.98. The second-order valence-corrected chi connectivity index (χ2v) is 10.7. The highest BCUT2D eigenvalue weighted by molar-refractivity contribution is 5.93. The molecule has 0 saturated carbocycles. The first-order chi connectivity index (χ1) is 17.8. The van der Waals surface area contributed by atoms with Crippen LogP contribution >= 0.6 is 0 Å². The summed E-state index contributed by atoms with van der Waals surface area (Å²) in [5.74, 6) is 0.752. The van der Waals surface area contributed by atoms with Crippen molar-refractivity contribution in [1.29, 1.82) is 0 Å². The van der Waals surface area contributed by atoms with E-state index in [0.717, 1.165) is 81.8 Å². The number of rotatable bonds is 5. The number of H-pyrrole nitrogens is 1. The Balaban J connectivity index is 1.32. The van der Waals surface area contributed by atoms with Crippen molar-refractivity contribution in [3.05, 3.63) is 70.8 Å². The maximum Gasteiger partial charge on any atom is 0.137 e. The molecule has 2 fully saturated rings. The maximum atomic E-state index is 12.8. The number of likely N-dealkylation sites (tertiary alicyclic amines) is 1. The number of hydrogen-bond donors (Lipinski definition) is 1. The van der Waals surface area contributed by atoms with Gasteiger partial charge in [0.05, 0.1) is 24.1 Å². The summed E-state index contributed by atoms with van der Waals surface area (Å²) in [5.41, 5.74) is 10.1. The number of alkyl halides is 1. The van der Waals surface area contributed by atoms with Crippen LogP contribution in [0.5, 0.6) is 0 Å². The number of pyridine rings is 1. The molecule has 2 aliphatic heterocycles. The van der Waals surface area contributed by atoms with E-state index in [4.69, 9.17) is 9.72 Å². The fraction of sp³-hybridized carbons (Fsp3) is 0.448. The summed E-state index contributed by atoms with van der Waals surface area (Å²) >= 11 is 0. The molecule has 0 bridgehead atoms. The fourth-order valence-corrected chi connectivity index (χ4v) is 6.53. The first kappa shape index (κ1) is 22.2. The molecular formula is C29H32FN5O. The van der Waals surface area contributed by atoms with Crippen molar-refractivity contribution in [2.24, 2.45) is 11.8 Å². The van der Waals surface area contributed by atoms with Crippen molar-refractivity contribution in [3.8, 4) is 0 Å². The molecule has 7 heteroatoms. The number of ether oxygens (including phenoxy) is 1. The van der Waals surface area contributed by atoms with Gasteiger partial charge in [0.1, 0.15) is 5.65 Å². The Hall–Kier alpha value is -3.03. The zero-order valence-corrected chi connectivity index (χ0v) is 20.5. The van der Waals surface area contributed by atoms with E-state index in [9.17, 15) is 4.39 Å². The third kappa shape index (κ3) is 3.85. The lowest BCUT2D eigenvalue weighted by atomic mass is 9.81. The van der Waals surface area contributed by atoms with Gasteiger partial charge in [-0.15, -0.1) is 0 Å². The minimum atomic E-state index is -0.220. The molecule has 6 nitrogen and oxygen atoms in total. The van der Waals surface area contributed by atoms with E-state index >= 15 is 0 Å². The molecule has 0 spiro atoms. The van der Waals surface area contributed by atoms with Crippen LogP contribution in [0, 0.1) is 11.8 Å². The van der Waals surface area contributed by atoms with Crippen molar-refractivity contribution < 1.29 is 9.13 Å². The Morgan fingerprint density at radius 3 is 2.86 bits per heavy atom. The number of aromatic nitrogens is 4. The highest BCUT2D eigenvalue weighted by Crippen LogP contribution is 2.42. The molecule has 0 atom stereocenters. The monoisotopic (exact) mass is 485 g/mol. The van der Waals surface area contributed by atoms with Gasteiger partial charge in [-0.2, -0.15) is 5.10 Å². The first-order valence-corrected chi connectivity index (χ1v) is 13.3. The molecule has 0 amide bonds. The van der Waals surface area contributed by atoms with E-state index in [0.29, 0.717) is 5.92 Å². The molecule has 2 saturated heterocycles. The number of benzene rings is 1. The topological polar surface area (TPSA) is 58.5 Å². The summed E-state index contributed by atoms with van der Waals surface area (Å²) in [6.07, 6.45) is 11.8. The number of nitrogens with one attached hydrogen (secondary N) is 1. The molecule has 1 N–H and O–H groups in total. The van der Waals surface area contributed by atoms with E-state index < -0.39 is 0 Å². The molecule has 0 radical (unpaired) electrons. The van der Waals surface area contributed by atoms with E-state index in [1.54, 1.807) is 5.57 Å². The number of halogens is 1. The molecule has 186 valence electrons. The van der Waals surface area contributed by atoms with Crippen LogP contribution in [0.4, 0.5) is 4.39 Å². The van der Waals surface area contributed by atoms with Crippen LogP contribution < -0.4 is 0 Å². The Morgan fingerprint density at radius 1 is 1.11 bits per heavy atom. The van der Waals surface area contributed by atoms with Crippen molar-refractivity contribution in [2.45, 2.75) is 38.6 Å². The van der Waals surface area contributed by atoms with Gasteiger partial charge < -0.3 is 9.14 Å². The smallest absolute Gasteiger partial charge is 0.137 e. The van der Waals surface area contributed by atoms with Gasteiger partial charge in [-0.1, -0.05) is 11.6 Å². The van der Waals surface area contributed by atoms with Crippen LogP contribution in [-0.4, -0.2) is 57.5 Å². The molecule has 4 aromatic rings. The molecule has 0 unspecified atom stereocenters. The number of aromatic amines is 1. The number of fused-ring (bicyclic) bond motifs is 4. The number of allylic oxidation sites excluding steroid dienone is 1. The lowest BCUT2D eigenvalue weighted by molar-refractivity contribution is 0.0727. The second-order valence-electron chi connectivity index (χ2n) is 10.7. The van der Waals surface area contributed by atoms with Crippen LogP contribution in [0.3, 0.4) is 0 Å². The Bertz CT molecular complexity index is 1440. The van der Waals surface area contributed by atoms with Crippen molar-refractivity contribution in [2.75, 3.05) is 33.0 Å². The van der Waals surface area contributed by atoms with Crippen molar-refractivity contribution in [1.82, 2.24) is 24.5 Å². The SMILES string of the molecule is FCC1CN(Cc2cn3ccc(C4=C(C5CCOCC5)CCCc5c4ccc4[nH]ncc54)cc3n2)C1. The maximum absolute atomic E-state index is 12.8. The normalized spacial score (nSPS) is 20.1. The van der Waals surface area contributed by atoms with Gasteiger partial charge in [0, 0.05) is 56.5 Å². The fourth-order valence-electron chi connectivity index (χ4n) is 6.53. The Morgan fingerprint density at radius 2 is 2.00 bits per heavy atom. The minimum absolute atomic E-state index is 0.196.